The number of rotatable bonds is 4. The van der Waals surface area contributed by atoms with E-state index in [1.807, 2.05) is 0 Å². The second kappa shape index (κ2) is 7.74. The Kier molecular flexibility index (Phi) is 5.54. The highest BCUT2D eigenvalue weighted by molar-refractivity contribution is 6.30. The van der Waals surface area contributed by atoms with Crippen molar-refractivity contribution in [1.29, 1.82) is 0 Å². The van der Waals surface area contributed by atoms with E-state index >= 15 is 0 Å². The molecule has 2 aromatic heterocycles. The molecule has 2 amide bonds. The highest BCUT2D eigenvalue weighted by Gasteiger charge is 2.41. The van der Waals surface area contributed by atoms with Crippen LogP contribution in [0.1, 0.15) is 37.5 Å². The first-order chi connectivity index (χ1) is 13.2. The zero-order valence-corrected chi connectivity index (χ0v) is 15.5. The maximum atomic E-state index is 12.9. The van der Waals surface area contributed by atoms with Gasteiger partial charge in [-0.05, 0) is 19.1 Å². The zero-order valence-electron chi connectivity index (χ0n) is 14.7. The summed E-state index contributed by atoms with van der Waals surface area (Å²) in [7, 11) is 0. The largest absolute Gasteiger partial charge is 0.451 e. The number of hydrogen-bond donors (Lipinski definition) is 1. The number of fused-ring (bicyclic) bond motifs is 1. The molecule has 3 heterocycles. The number of carbonyl (C=O) groups is 2. The number of nitrogens with one attached hydrogen (secondary N) is 1. The van der Waals surface area contributed by atoms with E-state index in [-0.39, 0.29) is 37.7 Å². The summed E-state index contributed by atoms with van der Waals surface area (Å²) >= 11 is 5.71. The average Bonchev–Trinajstić information content (AvgIpc) is 3.07. The fraction of sp³-hybridized carbons (Fsp3) is 0.438. The molecule has 28 heavy (non-hydrogen) atoms. The Morgan fingerprint density at radius 3 is 2.64 bits per heavy atom. The molecule has 0 bridgehead atoms. The summed E-state index contributed by atoms with van der Waals surface area (Å²) < 4.78 is 39.8. The predicted molar refractivity (Wildman–Crippen MR) is 92.3 cm³/mol. The van der Waals surface area contributed by atoms with Crippen LogP contribution in [0.4, 0.5) is 19.0 Å². The molecular weight excluding hydrogens is 401 g/mol. The van der Waals surface area contributed by atoms with Crippen molar-refractivity contribution in [3.05, 3.63) is 35.0 Å². The molecule has 0 saturated heterocycles. The van der Waals surface area contributed by atoms with Gasteiger partial charge in [0.1, 0.15) is 5.82 Å². The fourth-order valence-corrected chi connectivity index (χ4v) is 3.07. The van der Waals surface area contributed by atoms with Crippen molar-refractivity contribution in [3.8, 4) is 0 Å². The summed E-state index contributed by atoms with van der Waals surface area (Å²) in [6, 6.07) is 2.42. The number of alkyl halides is 3. The molecule has 8 nitrogen and oxygen atoms in total. The quantitative estimate of drug-likeness (QED) is 0.827. The monoisotopic (exact) mass is 416 g/mol. The molecule has 1 N–H and O–H groups in total. The molecule has 0 aromatic carbocycles. The van der Waals surface area contributed by atoms with Crippen LogP contribution >= 0.6 is 11.6 Å². The van der Waals surface area contributed by atoms with Crippen LogP contribution in [0.15, 0.2) is 18.3 Å². The van der Waals surface area contributed by atoms with Crippen LogP contribution in [0.2, 0.25) is 5.02 Å². The van der Waals surface area contributed by atoms with Gasteiger partial charge in [0.05, 0.1) is 11.1 Å². The van der Waals surface area contributed by atoms with Crippen molar-refractivity contribution in [2.24, 2.45) is 0 Å². The number of halogens is 4. The Morgan fingerprint density at radius 1 is 1.25 bits per heavy atom. The van der Waals surface area contributed by atoms with Gasteiger partial charge in [-0.25, -0.2) is 4.98 Å². The van der Waals surface area contributed by atoms with Gasteiger partial charge in [0, 0.05) is 32.1 Å². The topological polar surface area (TPSA) is 93.0 Å². The lowest BCUT2D eigenvalue weighted by atomic mass is 10.1. The number of nitrogens with zero attached hydrogens (tertiary/aromatic N) is 5. The molecular formula is C16H16ClF3N6O2. The number of hydrogen-bond acceptors (Lipinski definition) is 5. The second-order valence-electron chi connectivity index (χ2n) is 6.20. The normalized spacial score (nSPS) is 16.6. The first kappa shape index (κ1) is 20.1. The van der Waals surface area contributed by atoms with E-state index in [9.17, 15) is 22.8 Å². The highest BCUT2D eigenvalue weighted by Crippen LogP contribution is 2.32. The van der Waals surface area contributed by atoms with E-state index in [4.69, 9.17) is 11.6 Å². The molecule has 0 fully saturated rings. The molecule has 1 atom stereocenters. The van der Waals surface area contributed by atoms with Crippen molar-refractivity contribution in [2.75, 3.05) is 11.9 Å². The maximum Gasteiger partial charge on any atom is 0.451 e. The summed E-state index contributed by atoms with van der Waals surface area (Å²) in [5.74, 6) is -1.45. The Hall–Kier alpha value is -2.69. The predicted octanol–water partition coefficient (Wildman–Crippen LogP) is 2.67. The number of anilines is 1. The van der Waals surface area contributed by atoms with Gasteiger partial charge in [-0.2, -0.15) is 13.2 Å². The van der Waals surface area contributed by atoms with Gasteiger partial charge >= 0.3 is 6.18 Å². The van der Waals surface area contributed by atoms with Crippen molar-refractivity contribution in [1.82, 2.24) is 24.6 Å². The number of aromatic nitrogens is 4. The molecule has 0 saturated carbocycles. The number of amides is 2. The van der Waals surface area contributed by atoms with Gasteiger partial charge < -0.3 is 14.8 Å². The Bertz CT molecular complexity index is 883. The van der Waals surface area contributed by atoms with Crippen LogP contribution in [0.3, 0.4) is 0 Å². The Labute approximate surface area is 162 Å². The second-order valence-corrected chi connectivity index (χ2v) is 6.64. The third-order valence-corrected chi connectivity index (χ3v) is 4.54. The third-order valence-electron chi connectivity index (χ3n) is 4.32. The molecule has 3 rings (SSSR count). The molecule has 1 aliphatic heterocycles. The minimum absolute atomic E-state index is 0.0614. The lowest BCUT2D eigenvalue weighted by molar-refractivity contribution is -0.148. The van der Waals surface area contributed by atoms with E-state index < -0.39 is 23.9 Å². The Morgan fingerprint density at radius 2 is 2.00 bits per heavy atom. The fourth-order valence-electron chi connectivity index (χ4n) is 2.95. The number of carbonyl (C=O) groups excluding carboxylic acids is 2. The van der Waals surface area contributed by atoms with Gasteiger partial charge in [0.25, 0.3) is 0 Å². The summed E-state index contributed by atoms with van der Waals surface area (Å²) in [6.07, 6.45) is -3.41. The van der Waals surface area contributed by atoms with E-state index in [1.165, 1.54) is 17.2 Å². The highest BCUT2D eigenvalue weighted by atomic mass is 35.5. The van der Waals surface area contributed by atoms with Crippen LogP contribution in [0, 0.1) is 0 Å². The van der Waals surface area contributed by atoms with Gasteiger partial charge in [0.2, 0.25) is 17.6 Å². The minimum Gasteiger partial charge on any atom is -0.331 e. The summed E-state index contributed by atoms with van der Waals surface area (Å²) in [5.41, 5.74) is 0. The zero-order chi connectivity index (χ0) is 20.5. The van der Waals surface area contributed by atoms with Crippen molar-refractivity contribution < 1.29 is 22.8 Å². The maximum absolute atomic E-state index is 12.9. The van der Waals surface area contributed by atoms with Crippen molar-refractivity contribution in [2.45, 2.75) is 38.5 Å². The summed E-state index contributed by atoms with van der Waals surface area (Å²) in [6.45, 7) is 1.60. The van der Waals surface area contributed by atoms with Crippen LogP contribution < -0.4 is 5.32 Å². The molecule has 150 valence electrons. The molecule has 1 unspecified atom stereocenters. The van der Waals surface area contributed by atoms with E-state index in [2.05, 4.69) is 20.5 Å². The molecule has 0 radical (unpaired) electrons. The summed E-state index contributed by atoms with van der Waals surface area (Å²) in [5, 5.41) is 9.77. The van der Waals surface area contributed by atoms with Crippen LogP contribution in [-0.2, 0) is 22.3 Å². The SMILES string of the molecule is CC1c2nnc(C(F)(F)F)n2CCN1C(=O)CCC(=O)Nc1ccc(Cl)cn1. The van der Waals surface area contributed by atoms with E-state index in [1.54, 1.807) is 13.0 Å². The molecule has 0 spiro atoms. The van der Waals surface area contributed by atoms with Gasteiger partial charge in [0.15, 0.2) is 5.82 Å². The number of pyridine rings is 1. The van der Waals surface area contributed by atoms with Gasteiger partial charge in [-0.3, -0.25) is 9.59 Å². The molecule has 12 heteroatoms. The third kappa shape index (κ3) is 4.24. The van der Waals surface area contributed by atoms with Crippen molar-refractivity contribution in [3.63, 3.8) is 0 Å². The van der Waals surface area contributed by atoms with Crippen LogP contribution in [0.5, 0.6) is 0 Å². The standard InChI is InChI=1S/C16H16ClF3N6O2/c1-9-14-23-24-15(16(18,19)20)26(14)7-6-25(9)13(28)5-4-12(27)22-11-3-2-10(17)8-21-11/h2-3,8-9H,4-7H2,1H3,(H,21,22,27). The Balaban J connectivity index is 1.58. The van der Waals surface area contributed by atoms with Gasteiger partial charge in [-0.1, -0.05) is 11.6 Å². The lowest BCUT2D eigenvalue weighted by Crippen LogP contribution is -2.42. The van der Waals surface area contributed by atoms with E-state index in [0.717, 1.165) is 4.57 Å². The van der Waals surface area contributed by atoms with Crippen LogP contribution in [0.25, 0.3) is 0 Å². The summed E-state index contributed by atoms with van der Waals surface area (Å²) in [4.78, 5) is 29.8. The first-order valence-corrected chi connectivity index (χ1v) is 8.76. The first-order valence-electron chi connectivity index (χ1n) is 8.38. The molecule has 1 aliphatic rings. The van der Waals surface area contributed by atoms with Gasteiger partial charge in [-0.15, -0.1) is 10.2 Å². The molecule has 2 aromatic rings. The van der Waals surface area contributed by atoms with E-state index in [0.29, 0.717) is 10.8 Å². The molecule has 0 aliphatic carbocycles. The minimum atomic E-state index is -4.61. The smallest absolute Gasteiger partial charge is 0.331 e. The van der Waals surface area contributed by atoms with Crippen LogP contribution in [-0.4, -0.2) is 43.0 Å². The van der Waals surface area contributed by atoms with Crippen molar-refractivity contribution >= 4 is 29.2 Å². The lowest BCUT2D eigenvalue weighted by Gasteiger charge is -2.33. The average molecular weight is 417 g/mol.